The van der Waals surface area contributed by atoms with Crippen molar-refractivity contribution in [1.82, 2.24) is 0 Å². The molecule has 0 fully saturated rings. The number of carbonyl (C=O) groups is 1. The summed E-state index contributed by atoms with van der Waals surface area (Å²) in [5, 5.41) is 0.795. The zero-order chi connectivity index (χ0) is 14.5. The van der Waals surface area contributed by atoms with Crippen molar-refractivity contribution in [3.8, 4) is 16.9 Å². The van der Waals surface area contributed by atoms with E-state index >= 15 is 0 Å². The fourth-order valence-corrected chi connectivity index (χ4v) is 2.21. The molecule has 1 amide bonds. The average Bonchev–Trinajstić information content (AvgIpc) is 2.45. The van der Waals surface area contributed by atoms with Crippen molar-refractivity contribution >= 4 is 21.8 Å². The van der Waals surface area contributed by atoms with E-state index in [9.17, 15) is 4.79 Å². The largest absolute Gasteiger partial charge is 0.493 e. The van der Waals surface area contributed by atoms with Gasteiger partial charge in [0, 0.05) is 10.9 Å². The van der Waals surface area contributed by atoms with Crippen LogP contribution in [0.25, 0.3) is 11.1 Å². The molecule has 0 heterocycles. The molecule has 0 aliphatic carbocycles. The van der Waals surface area contributed by atoms with E-state index in [2.05, 4.69) is 15.9 Å². The van der Waals surface area contributed by atoms with Crippen molar-refractivity contribution in [1.29, 1.82) is 0 Å². The van der Waals surface area contributed by atoms with Crippen molar-refractivity contribution in [2.45, 2.75) is 6.92 Å². The van der Waals surface area contributed by atoms with E-state index < -0.39 is 5.91 Å². The predicted octanol–water partition coefficient (Wildman–Crippen LogP) is 3.53. The lowest BCUT2D eigenvalue weighted by molar-refractivity contribution is 0.1000. The van der Waals surface area contributed by atoms with E-state index in [0.717, 1.165) is 27.8 Å². The van der Waals surface area contributed by atoms with Gasteiger partial charge in [-0.05, 0) is 47.9 Å². The van der Waals surface area contributed by atoms with E-state index in [1.807, 2.05) is 43.3 Å². The molecule has 104 valence electrons. The van der Waals surface area contributed by atoms with Crippen LogP contribution in [0.5, 0.6) is 5.75 Å². The molecule has 0 unspecified atom stereocenters. The molecule has 4 heteroatoms. The molecular formula is C16H16BrNO2. The number of carbonyl (C=O) groups excluding carboxylic acids is 1. The van der Waals surface area contributed by atoms with Crippen LogP contribution in [0.3, 0.4) is 0 Å². The smallest absolute Gasteiger partial charge is 0.248 e. The van der Waals surface area contributed by atoms with Gasteiger partial charge in [-0.1, -0.05) is 34.1 Å². The first kappa shape index (κ1) is 14.6. The molecule has 0 saturated heterocycles. The van der Waals surface area contributed by atoms with E-state index in [0.29, 0.717) is 12.2 Å². The Bertz CT molecular complexity index is 626. The number of ether oxygens (including phenoxy) is 1. The highest BCUT2D eigenvalue weighted by molar-refractivity contribution is 9.09. The Morgan fingerprint density at radius 3 is 2.70 bits per heavy atom. The number of nitrogens with two attached hydrogens (primary N) is 1. The van der Waals surface area contributed by atoms with E-state index in [1.54, 1.807) is 6.07 Å². The first-order valence-electron chi connectivity index (χ1n) is 6.31. The molecule has 2 rings (SSSR count). The molecule has 20 heavy (non-hydrogen) atoms. The summed E-state index contributed by atoms with van der Waals surface area (Å²) in [4.78, 5) is 11.2. The van der Waals surface area contributed by atoms with E-state index in [1.165, 1.54) is 0 Å². The maximum atomic E-state index is 11.2. The Morgan fingerprint density at radius 2 is 2.05 bits per heavy atom. The zero-order valence-electron chi connectivity index (χ0n) is 11.2. The number of hydrogen-bond acceptors (Lipinski definition) is 2. The monoisotopic (exact) mass is 333 g/mol. The third-order valence-electron chi connectivity index (χ3n) is 3.00. The molecule has 0 aromatic heterocycles. The van der Waals surface area contributed by atoms with Gasteiger partial charge < -0.3 is 10.5 Å². The first-order chi connectivity index (χ1) is 9.61. The zero-order valence-corrected chi connectivity index (χ0v) is 12.8. The molecule has 0 aliphatic rings. The van der Waals surface area contributed by atoms with Crippen LogP contribution in [0.4, 0.5) is 0 Å². The standard InChI is InChI=1S/C16H16BrNO2/c1-11-9-13(16(18)19)5-6-15(11)12-3-2-4-14(10-12)20-8-7-17/h2-6,9-10H,7-8H2,1H3,(H2,18,19). The molecule has 0 radical (unpaired) electrons. The summed E-state index contributed by atoms with van der Waals surface area (Å²) in [6, 6.07) is 13.4. The van der Waals surface area contributed by atoms with Crippen molar-refractivity contribution in [2.75, 3.05) is 11.9 Å². The Labute approximate surface area is 126 Å². The Hall–Kier alpha value is -1.81. The summed E-state index contributed by atoms with van der Waals surface area (Å²) in [6.45, 7) is 2.59. The highest BCUT2D eigenvalue weighted by Crippen LogP contribution is 2.27. The maximum absolute atomic E-state index is 11.2. The van der Waals surface area contributed by atoms with Gasteiger partial charge in [-0.25, -0.2) is 0 Å². The predicted molar refractivity (Wildman–Crippen MR) is 84.4 cm³/mol. The van der Waals surface area contributed by atoms with Crippen molar-refractivity contribution in [3.63, 3.8) is 0 Å². The molecule has 2 aromatic rings. The van der Waals surface area contributed by atoms with Crippen molar-refractivity contribution < 1.29 is 9.53 Å². The van der Waals surface area contributed by atoms with Gasteiger partial charge in [0.1, 0.15) is 5.75 Å². The topological polar surface area (TPSA) is 52.3 Å². The van der Waals surface area contributed by atoms with E-state index in [-0.39, 0.29) is 0 Å². The number of rotatable bonds is 5. The summed E-state index contributed by atoms with van der Waals surface area (Å²) >= 11 is 3.33. The van der Waals surface area contributed by atoms with Crippen LogP contribution in [-0.4, -0.2) is 17.8 Å². The number of alkyl halides is 1. The summed E-state index contributed by atoms with van der Waals surface area (Å²) in [5.41, 5.74) is 8.96. The van der Waals surface area contributed by atoms with Crippen LogP contribution in [0.2, 0.25) is 0 Å². The van der Waals surface area contributed by atoms with Gasteiger partial charge in [-0.2, -0.15) is 0 Å². The van der Waals surface area contributed by atoms with Crippen molar-refractivity contribution in [2.24, 2.45) is 5.73 Å². The third-order valence-corrected chi connectivity index (χ3v) is 3.33. The third kappa shape index (κ3) is 3.39. The minimum atomic E-state index is -0.408. The second kappa shape index (κ2) is 6.57. The van der Waals surface area contributed by atoms with Gasteiger partial charge in [-0.15, -0.1) is 0 Å². The number of halogens is 1. The molecule has 0 bridgehead atoms. The lowest BCUT2D eigenvalue weighted by atomic mass is 9.98. The SMILES string of the molecule is Cc1cc(C(N)=O)ccc1-c1cccc(OCCBr)c1. The molecule has 0 atom stereocenters. The summed E-state index contributed by atoms with van der Waals surface area (Å²) in [5.74, 6) is 0.425. The maximum Gasteiger partial charge on any atom is 0.248 e. The Kier molecular flexibility index (Phi) is 4.79. The van der Waals surface area contributed by atoms with Gasteiger partial charge in [0.25, 0.3) is 0 Å². The van der Waals surface area contributed by atoms with E-state index in [4.69, 9.17) is 10.5 Å². The molecule has 0 aliphatic heterocycles. The average molecular weight is 334 g/mol. The lowest BCUT2D eigenvalue weighted by Gasteiger charge is -2.10. The van der Waals surface area contributed by atoms with Gasteiger partial charge in [0.15, 0.2) is 0 Å². The highest BCUT2D eigenvalue weighted by atomic mass is 79.9. The van der Waals surface area contributed by atoms with Crippen LogP contribution >= 0.6 is 15.9 Å². The first-order valence-corrected chi connectivity index (χ1v) is 7.43. The van der Waals surface area contributed by atoms with Gasteiger partial charge in [0.2, 0.25) is 5.91 Å². The van der Waals surface area contributed by atoms with Crippen LogP contribution < -0.4 is 10.5 Å². The second-order valence-electron chi connectivity index (χ2n) is 4.46. The number of amides is 1. The van der Waals surface area contributed by atoms with Crippen LogP contribution in [0, 0.1) is 6.92 Å². The van der Waals surface area contributed by atoms with Crippen LogP contribution in [0.1, 0.15) is 15.9 Å². The van der Waals surface area contributed by atoms with Gasteiger partial charge >= 0.3 is 0 Å². The van der Waals surface area contributed by atoms with Gasteiger partial charge in [-0.3, -0.25) is 4.79 Å². The number of primary amides is 1. The Balaban J connectivity index is 2.33. The van der Waals surface area contributed by atoms with Crippen LogP contribution in [0.15, 0.2) is 42.5 Å². The molecule has 2 aromatic carbocycles. The molecule has 0 spiro atoms. The fourth-order valence-electron chi connectivity index (χ4n) is 2.05. The second-order valence-corrected chi connectivity index (χ2v) is 5.25. The summed E-state index contributed by atoms with van der Waals surface area (Å²) in [6.07, 6.45) is 0. The highest BCUT2D eigenvalue weighted by Gasteiger charge is 2.07. The van der Waals surface area contributed by atoms with Crippen molar-refractivity contribution in [3.05, 3.63) is 53.6 Å². The number of benzene rings is 2. The summed E-state index contributed by atoms with van der Waals surface area (Å²) in [7, 11) is 0. The minimum Gasteiger partial charge on any atom is -0.493 e. The molecule has 0 saturated carbocycles. The Morgan fingerprint density at radius 1 is 1.25 bits per heavy atom. The van der Waals surface area contributed by atoms with Crippen LogP contribution in [-0.2, 0) is 0 Å². The fraction of sp³-hybridized carbons (Fsp3) is 0.188. The quantitative estimate of drug-likeness (QED) is 0.851. The minimum absolute atomic E-state index is 0.408. The number of aryl methyl sites for hydroxylation is 1. The normalized spacial score (nSPS) is 10.3. The molecule has 3 nitrogen and oxygen atoms in total. The number of hydrogen-bond donors (Lipinski definition) is 1. The lowest BCUT2D eigenvalue weighted by Crippen LogP contribution is -2.10. The molecule has 2 N–H and O–H groups in total. The van der Waals surface area contributed by atoms with Gasteiger partial charge in [0.05, 0.1) is 6.61 Å². The molecular weight excluding hydrogens is 318 g/mol. The summed E-state index contributed by atoms with van der Waals surface area (Å²) < 4.78 is 5.60.